The number of carbonyl (C=O) groups is 2. The number of amides is 2. The number of nitrogens with one attached hydrogen (secondary N) is 2. The number of hydrogen-bond donors (Lipinski definition) is 4. The zero-order valence-corrected chi connectivity index (χ0v) is 18.9. The summed E-state index contributed by atoms with van der Waals surface area (Å²) in [6, 6.07) is 11.2. The molecule has 0 aliphatic rings. The zero-order valence-electron chi connectivity index (χ0n) is 18.9. The Morgan fingerprint density at radius 3 is 2.42 bits per heavy atom. The molecule has 2 atom stereocenters. The molecular formula is C25H29N3O5. The molecular weight excluding hydrogens is 422 g/mol. The molecule has 0 saturated heterocycles. The van der Waals surface area contributed by atoms with Gasteiger partial charge in [-0.05, 0) is 54.7 Å². The van der Waals surface area contributed by atoms with Crippen LogP contribution in [0, 0.1) is 12.8 Å². The predicted molar refractivity (Wildman–Crippen MR) is 127 cm³/mol. The first kappa shape index (κ1) is 24.0. The highest BCUT2D eigenvalue weighted by molar-refractivity contribution is 5.99. The molecule has 0 bridgehead atoms. The van der Waals surface area contributed by atoms with Crippen molar-refractivity contribution >= 4 is 28.5 Å². The number of benzene rings is 2. The monoisotopic (exact) mass is 451 g/mol. The van der Waals surface area contributed by atoms with Crippen molar-refractivity contribution < 1.29 is 19.1 Å². The van der Waals surface area contributed by atoms with Gasteiger partial charge in [-0.1, -0.05) is 26.0 Å². The molecule has 0 radical (unpaired) electrons. The molecule has 1 heterocycles. The fourth-order valence-electron chi connectivity index (χ4n) is 3.60. The highest BCUT2D eigenvalue weighted by atomic mass is 16.4. The van der Waals surface area contributed by atoms with Gasteiger partial charge in [-0.15, -0.1) is 0 Å². The van der Waals surface area contributed by atoms with E-state index < -0.39 is 29.5 Å². The molecule has 2 amide bonds. The average molecular weight is 452 g/mol. The van der Waals surface area contributed by atoms with Crippen LogP contribution >= 0.6 is 0 Å². The van der Waals surface area contributed by atoms with Gasteiger partial charge in [-0.2, -0.15) is 0 Å². The lowest BCUT2D eigenvalue weighted by Crippen LogP contribution is -2.51. The summed E-state index contributed by atoms with van der Waals surface area (Å²) in [6.45, 7) is 5.74. The van der Waals surface area contributed by atoms with Crippen molar-refractivity contribution in [2.45, 2.75) is 45.7 Å². The van der Waals surface area contributed by atoms with Gasteiger partial charge in [0.05, 0.1) is 6.04 Å². The molecule has 3 aromatic rings. The number of carbonyl (C=O) groups excluding carboxylic acids is 2. The van der Waals surface area contributed by atoms with Gasteiger partial charge < -0.3 is 25.9 Å². The van der Waals surface area contributed by atoms with Gasteiger partial charge in [0.2, 0.25) is 11.8 Å². The molecule has 0 fully saturated rings. The number of rotatable bonds is 8. The summed E-state index contributed by atoms with van der Waals surface area (Å²) in [5.74, 6) is -0.521. The minimum atomic E-state index is -0.902. The third-order valence-corrected chi connectivity index (χ3v) is 5.29. The molecule has 0 spiro atoms. The van der Waals surface area contributed by atoms with E-state index in [1.807, 2.05) is 13.8 Å². The minimum absolute atomic E-state index is 0.107. The zero-order chi connectivity index (χ0) is 24.1. The third kappa shape index (κ3) is 6.43. The Balaban J connectivity index is 1.83. The maximum absolute atomic E-state index is 13.1. The summed E-state index contributed by atoms with van der Waals surface area (Å²) in [7, 11) is 0. The standard InChI is InChI=1S/C25H29N3O5/c1-14(2)10-20(26)24(31)28-21(12-16-4-7-18(29)8-5-16)25(32)27-17-6-9-19-15(3)11-23(30)33-22(19)13-17/h4-9,11,13-14,20-21,29H,10,12,26H2,1-3H3,(H,27,32)(H,28,31)/t20-,21-/m0/s1. The Labute approximate surface area is 191 Å². The quantitative estimate of drug-likeness (QED) is 0.389. The van der Waals surface area contributed by atoms with E-state index in [1.165, 1.54) is 18.2 Å². The van der Waals surface area contributed by atoms with E-state index in [0.717, 1.165) is 16.5 Å². The molecule has 174 valence electrons. The molecule has 8 nitrogen and oxygen atoms in total. The highest BCUT2D eigenvalue weighted by Gasteiger charge is 2.25. The van der Waals surface area contributed by atoms with Crippen LogP contribution in [0.15, 0.2) is 57.7 Å². The maximum atomic E-state index is 13.1. The number of fused-ring (bicyclic) bond motifs is 1. The first-order valence-electron chi connectivity index (χ1n) is 10.8. The van der Waals surface area contributed by atoms with Gasteiger partial charge in [0.1, 0.15) is 17.4 Å². The Morgan fingerprint density at radius 1 is 1.06 bits per heavy atom. The molecule has 8 heteroatoms. The third-order valence-electron chi connectivity index (χ3n) is 5.29. The van der Waals surface area contributed by atoms with Crippen LogP contribution < -0.4 is 22.0 Å². The smallest absolute Gasteiger partial charge is 0.336 e. The number of hydrogen-bond acceptors (Lipinski definition) is 6. The van der Waals surface area contributed by atoms with Gasteiger partial charge >= 0.3 is 5.63 Å². The van der Waals surface area contributed by atoms with Crippen LogP contribution in [-0.2, 0) is 16.0 Å². The summed E-state index contributed by atoms with van der Waals surface area (Å²) in [5, 5.41) is 15.8. The summed E-state index contributed by atoms with van der Waals surface area (Å²) in [4.78, 5) is 37.5. The number of anilines is 1. The second kappa shape index (κ2) is 10.3. The van der Waals surface area contributed by atoms with E-state index in [9.17, 15) is 19.5 Å². The van der Waals surface area contributed by atoms with Crippen LogP contribution in [0.4, 0.5) is 5.69 Å². The predicted octanol–water partition coefficient (Wildman–Crippen LogP) is 2.85. The lowest BCUT2D eigenvalue weighted by molar-refractivity contribution is -0.127. The number of phenols is 1. The van der Waals surface area contributed by atoms with Gasteiger partial charge in [-0.25, -0.2) is 4.79 Å². The Bertz CT molecular complexity index is 1200. The SMILES string of the molecule is Cc1cc(=O)oc2cc(NC(=O)[C@H](Cc3ccc(O)cc3)NC(=O)[C@@H](N)CC(C)C)ccc12. The first-order chi connectivity index (χ1) is 15.6. The molecule has 2 aromatic carbocycles. The van der Waals surface area contributed by atoms with Gasteiger partial charge in [0.25, 0.3) is 0 Å². The maximum Gasteiger partial charge on any atom is 0.336 e. The van der Waals surface area contributed by atoms with Crippen molar-refractivity contribution in [3.05, 3.63) is 70.1 Å². The molecule has 0 aliphatic heterocycles. The number of aromatic hydroxyl groups is 1. The van der Waals surface area contributed by atoms with Crippen LogP contribution in [0.3, 0.4) is 0 Å². The molecule has 5 N–H and O–H groups in total. The van der Waals surface area contributed by atoms with E-state index in [-0.39, 0.29) is 18.1 Å². The molecule has 0 unspecified atom stereocenters. The van der Waals surface area contributed by atoms with Crippen LogP contribution in [0.2, 0.25) is 0 Å². The van der Waals surface area contributed by atoms with Gasteiger partial charge in [0.15, 0.2) is 0 Å². The van der Waals surface area contributed by atoms with E-state index in [4.69, 9.17) is 10.2 Å². The minimum Gasteiger partial charge on any atom is -0.508 e. The second-order valence-corrected chi connectivity index (χ2v) is 8.62. The summed E-state index contributed by atoms with van der Waals surface area (Å²) in [6.07, 6.45) is 0.691. The lowest BCUT2D eigenvalue weighted by atomic mass is 10.0. The van der Waals surface area contributed by atoms with E-state index in [0.29, 0.717) is 17.7 Å². The normalized spacial score (nSPS) is 13.0. The van der Waals surface area contributed by atoms with Crippen molar-refractivity contribution in [3.63, 3.8) is 0 Å². The fraction of sp³-hybridized carbons (Fsp3) is 0.320. The molecule has 0 saturated carbocycles. The lowest BCUT2D eigenvalue weighted by Gasteiger charge is -2.22. The highest BCUT2D eigenvalue weighted by Crippen LogP contribution is 2.21. The molecule has 1 aromatic heterocycles. The van der Waals surface area contributed by atoms with E-state index in [1.54, 1.807) is 37.3 Å². The van der Waals surface area contributed by atoms with Gasteiger partial charge in [0, 0.05) is 29.6 Å². The van der Waals surface area contributed by atoms with Gasteiger partial charge in [-0.3, -0.25) is 9.59 Å². The Morgan fingerprint density at radius 2 is 1.76 bits per heavy atom. The second-order valence-electron chi connectivity index (χ2n) is 8.62. The largest absolute Gasteiger partial charge is 0.508 e. The van der Waals surface area contributed by atoms with Crippen molar-refractivity contribution in [3.8, 4) is 5.75 Å². The van der Waals surface area contributed by atoms with Crippen molar-refractivity contribution in [2.75, 3.05) is 5.32 Å². The summed E-state index contributed by atoms with van der Waals surface area (Å²) >= 11 is 0. The Kier molecular flexibility index (Phi) is 7.50. The number of phenolic OH excluding ortho intramolecular Hbond substituents is 1. The average Bonchev–Trinajstić information content (AvgIpc) is 2.73. The molecule has 33 heavy (non-hydrogen) atoms. The Hall–Kier alpha value is -3.65. The molecule has 3 rings (SSSR count). The van der Waals surface area contributed by atoms with Crippen molar-refractivity contribution in [1.82, 2.24) is 5.32 Å². The van der Waals surface area contributed by atoms with E-state index >= 15 is 0 Å². The summed E-state index contributed by atoms with van der Waals surface area (Å²) < 4.78 is 5.25. The number of nitrogens with two attached hydrogens (primary N) is 1. The van der Waals surface area contributed by atoms with Crippen molar-refractivity contribution in [1.29, 1.82) is 0 Å². The summed E-state index contributed by atoms with van der Waals surface area (Å²) in [5.41, 5.74) is 7.85. The van der Waals surface area contributed by atoms with Crippen LogP contribution in [-0.4, -0.2) is 29.0 Å². The van der Waals surface area contributed by atoms with Crippen LogP contribution in [0.1, 0.15) is 31.4 Å². The van der Waals surface area contributed by atoms with Crippen molar-refractivity contribution in [2.24, 2.45) is 11.7 Å². The van der Waals surface area contributed by atoms with Crippen LogP contribution in [0.25, 0.3) is 11.0 Å². The number of aryl methyl sites for hydroxylation is 1. The first-order valence-corrected chi connectivity index (χ1v) is 10.8. The fourth-order valence-corrected chi connectivity index (χ4v) is 3.60. The van der Waals surface area contributed by atoms with Crippen LogP contribution in [0.5, 0.6) is 5.75 Å². The molecule has 0 aliphatic carbocycles. The van der Waals surface area contributed by atoms with E-state index in [2.05, 4.69) is 10.6 Å². The topological polar surface area (TPSA) is 135 Å².